The van der Waals surface area contributed by atoms with Crippen LogP contribution in [0.15, 0.2) is 72.8 Å². The van der Waals surface area contributed by atoms with E-state index in [1.165, 1.54) is 12.1 Å². The fourth-order valence-electron chi connectivity index (χ4n) is 6.70. The average Bonchev–Trinajstić information content (AvgIpc) is 3.07. The lowest BCUT2D eigenvalue weighted by Crippen LogP contribution is -2.39. The van der Waals surface area contributed by atoms with Crippen molar-refractivity contribution in [3.8, 4) is 16.9 Å². The summed E-state index contributed by atoms with van der Waals surface area (Å²) in [6.45, 7) is 16.1. The maximum Gasteiger partial charge on any atom is 0.337 e. The monoisotopic (exact) mass is 695 g/mol. The molecule has 8 nitrogen and oxygen atoms in total. The smallest absolute Gasteiger partial charge is 0.337 e. The first kappa shape index (κ1) is 37.5. The number of carboxylic acid groups (broad SMARTS) is 1. The summed E-state index contributed by atoms with van der Waals surface area (Å²) in [6, 6.07) is 21.2. The maximum atomic E-state index is 13.9. The van der Waals surface area contributed by atoms with Gasteiger partial charge in [-0.25, -0.2) is 9.18 Å². The Hall–Kier alpha value is -4.76. The normalized spacial score (nSPS) is 15.0. The van der Waals surface area contributed by atoms with E-state index in [9.17, 15) is 19.1 Å². The number of nitrogens with zero attached hydrogens (tertiary/aromatic N) is 3. The van der Waals surface area contributed by atoms with Crippen molar-refractivity contribution in [2.24, 2.45) is 5.41 Å². The number of piperidine rings is 1. The van der Waals surface area contributed by atoms with Crippen LogP contribution in [0.4, 0.5) is 10.1 Å². The Morgan fingerprint density at radius 3 is 2.08 bits per heavy atom. The number of rotatable bonds is 11. The van der Waals surface area contributed by atoms with E-state index in [1.807, 2.05) is 58.9 Å². The summed E-state index contributed by atoms with van der Waals surface area (Å²) in [5.74, 6) is -0.990. The number of methoxy groups -OCH3 is 1. The third-order valence-corrected chi connectivity index (χ3v) is 9.48. The fourth-order valence-corrected chi connectivity index (χ4v) is 6.70. The van der Waals surface area contributed by atoms with Gasteiger partial charge in [0, 0.05) is 54.3 Å². The highest BCUT2D eigenvalue weighted by molar-refractivity contribution is 5.94. The molecule has 0 spiro atoms. The van der Waals surface area contributed by atoms with E-state index < -0.39 is 17.7 Å². The Bertz CT molecular complexity index is 1860. The molecule has 0 unspecified atom stereocenters. The number of pyridine rings is 1. The number of aliphatic carboxylic acids is 1. The van der Waals surface area contributed by atoms with E-state index in [-0.39, 0.29) is 23.7 Å². The van der Waals surface area contributed by atoms with Gasteiger partial charge in [-0.1, -0.05) is 56.3 Å². The van der Waals surface area contributed by atoms with Gasteiger partial charge in [-0.15, -0.1) is 0 Å². The summed E-state index contributed by atoms with van der Waals surface area (Å²) in [5, 5.41) is 10.5. The largest absolute Gasteiger partial charge is 0.497 e. The quantitative estimate of drug-likeness (QED) is 0.168. The Morgan fingerprint density at radius 1 is 0.941 bits per heavy atom. The first-order chi connectivity index (χ1) is 24.0. The van der Waals surface area contributed by atoms with Gasteiger partial charge in [-0.2, -0.15) is 0 Å². The molecule has 1 saturated heterocycles. The molecular weight excluding hydrogens is 645 g/mol. The lowest BCUT2D eigenvalue weighted by molar-refractivity contribution is -0.160. The summed E-state index contributed by atoms with van der Waals surface area (Å²) in [6.07, 6.45) is 0.728. The molecule has 0 saturated carbocycles. The maximum absolute atomic E-state index is 13.9. The summed E-state index contributed by atoms with van der Waals surface area (Å²) in [4.78, 5) is 35.7. The van der Waals surface area contributed by atoms with Crippen molar-refractivity contribution in [2.75, 3.05) is 25.1 Å². The van der Waals surface area contributed by atoms with E-state index >= 15 is 0 Å². The number of hydrogen-bond donors (Lipinski definition) is 1. The Morgan fingerprint density at radius 2 is 1.53 bits per heavy atom. The second-order valence-electron chi connectivity index (χ2n) is 15.2. The van der Waals surface area contributed by atoms with Crippen molar-refractivity contribution < 1.29 is 28.6 Å². The summed E-state index contributed by atoms with van der Waals surface area (Å²) in [5.41, 5.74) is 6.32. The Kier molecular flexibility index (Phi) is 11.2. The molecule has 9 heteroatoms. The van der Waals surface area contributed by atoms with Gasteiger partial charge in [0.25, 0.3) is 5.91 Å². The van der Waals surface area contributed by atoms with Crippen molar-refractivity contribution in [3.63, 3.8) is 0 Å². The third kappa shape index (κ3) is 9.13. The first-order valence-electron chi connectivity index (χ1n) is 17.5. The van der Waals surface area contributed by atoms with Gasteiger partial charge in [0.1, 0.15) is 11.6 Å². The van der Waals surface area contributed by atoms with Crippen molar-refractivity contribution in [1.82, 2.24) is 9.88 Å². The van der Waals surface area contributed by atoms with Crippen LogP contribution in [0.5, 0.6) is 5.75 Å². The van der Waals surface area contributed by atoms with Crippen LogP contribution in [0.1, 0.15) is 92.0 Å². The molecule has 1 aromatic heterocycles. The third-order valence-electron chi connectivity index (χ3n) is 9.48. The first-order valence-corrected chi connectivity index (χ1v) is 17.5. The number of aromatic nitrogens is 1. The molecule has 0 bridgehead atoms. The topological polar surface area (TPSA) is 92.2 Å². The van der Waals surface area contributed by atoms with E-state index in [0.29, 0.717) is 29.1 Å². The minimum Gasteiger partial charge on any atom is -0.497 e. The lowest BCUT2D eigenvalue weighted by atomic mass is 9.81. The number of aryl methyl sites for hydroxylation is 2. The summed E-state index contributed by atoms with van der Waals surface area (Å²) in [7, 11) is 1.56. The van der Waals surface area contributed by atoms with Gasteiger partial charge < -0.3 is 24.4 Å². The zero-order valence-electron chi connectivity index (χ0n) is 31.0. The van der Waals surface area contributed by atoms with Gasteiger partial charge in [-0.05, 0) is 99.9 Å². The fraction of sp³-hybridized carbons (Fsp3) is 0.405. The van der Waals surface area contributed by atoms with Crippen molar-refractivity contribution in [2.45, 2.75) is 86.1 Å². The second-order valence-corrected chi connectivity index (χ2v) is 15.2. The molecule has 270 valence electrons. The SMILES string of the molecule is COc1cccc(C(=O)N(Cc2ccc(F)cc2)Cc2ccc(-c3c(C)nc(C)c([C@H](OC(C)(C)C)C(=O)O)c3N3CCC(C)(C)CC3)cc2)c1. The molecule has 1 aliphatic heterocycles. The van der Waals surface area contributed by atoms with Crippen LogP contribution in [0, 0.1) is 25.1 Å². The molecule has 1 N–H and O–H groups in total. The van der Waals surface area contributed by atoms with Crippen LogP contribution in [0.3, 0.4) is 0 Å². The van der Waals surface area contributed by atoms with Crippen molar-refractivity contribution >= 4 is 17.6 Å². The number of amides is 1. The number of anilines is 1. The zero-order chi connectivity index (χ0) is 37.1. The number of halogens is 1. The van der Waals surface area contributed by atoms with Gasteiger partial charge in [-0.3, -0.25) is 9.78 Å². The molecule has 1 amide bonds. The van der Waals surface area contributed by atoms with Crippen LogP contribution < -0.4 is 9.64 Å². The van der Waals surface area contributed by atoms with Crippen LogP contribution in [0.25, 0.3) is 11.1 Å². The number of benzene rings is 3. The lowest BCUT2D eigenvalue weighted by Gasteiger charge is -2.41. The predicted octanol–water partition coefficient (Wildman–Crippen LogP) is 8.92. The molecule has 4 aromatic rings. The van der Waals surface area contributed by atoms with Gasteiger partial charge >= 0.3 is 5.97 Å². The Balaban J connectivity index is 1.56. The van der Waals surface area contributed by atoms with Crippen molar-refractivity contribution in [3.05, 3.63) is 112 Å². The average molecular weight is 696 g/mol. The number of hydrogen-bond acceptors (Lipinski definition) is 6. The molecule has 1 atom stereocenters. The van der Waals surface area contributed by atoms with Crippen LogP contribution in [0.2, 0.25) is 0 Å². The van der Waals surface area contributed by atoms with Gasteiger partial charge in [0.05, 0.1) is 18.4 Å². The number of carbonyl (C=O) groups is 2. The second kappa shape index (κ2) is 15.2. The van der Waals surface area contributed by atoms with Crippen LogP contribution >= 0.6 is 0 Å². The molecule has 1 fully saturated rings. The Labute approximate surface area is 301 Å². The molecule has 51 heavy (non-hydrogen) atoms. The van der Waals surface area contributed by atoms with Crippen LogP contribution in [-0.4, -0.2) is 52.7 Å². The van der Waals surface area contributed by atoms with E-state index in [0.717, 1.165) is 59.6 Å². The highest BCUT2D eigenvalue weighted by atomic mass is 19.1. The van der Waals surface area contributed by atoms with Gasteiger partial charge in [0.2, 0.25) is 0 Å². The van der Waals surface area contributed by atoms with Crippen molar-refractivity contribution in [1.29, 1.82) is 0 Å². The number of carbonyl (C=O) groups excluding carboxylic acids is 1. The van der Waals surface area contributed by atoms with E-state index in [2.05, 4.69) is 18.7 Å². The van der Waals surface area contributed by atoms with E-state index in [1.54, 1.807) is 48.4 Å². The summed E-state index contributed by atoms with van der Waals surface area (Å²) >= 11 is 0. The number of carboxylic acids is 1. The zero-order valence-corrected chi connectivity index (χ0v) is 31.0. The molecular formula is C42H50FN3O5. The standard InChI is InChI=1S/C42H50FN3O5/c1-27-35(37(45-22-20-42(6,7)21-23-45)36(28(2)44-27)38(40(48)49)51-41(3,4)5)31-16-12-29(13-17-31)25-46(26-30-14-18-33(43)19-15-30)39(47)32-10-9-11-34(24-32)50-8/h9-19,24,38H,20-23,25-26H2,1-8H3,(H,48,49)/t38-/m0/s1. The van der Waals surface area contributed by atoms with E-state index in [4.69, 9.17) is 14.5 Å². The highest BCUT2D eigenvalue weighted by Crippen LogP contribution is 2.45. The molecule has 2 heterocycles. The summed E-state index contributed by atoms with van der Waals surface area (Å²) < 4.78 is 25.3. The molecule has 5 rings (SSSR count). The number of ether oxygens (including phenoxy) is 2. The molecule has 1 aliphatic rings. The minimum absolute atomic E-state index is 0.181. The molecule has 0 aliphatic carbocycles. The highest BCUT2D eigenvalue weighted by Gasteiger charge is 2.36. The molecule has 0 radical (unpaired) electrons. The molecule has 3 aromatic carbocycles. The van der Waals surface area contributed by atoms with Crippen LogP contribution in [-0.2, 0) is 22.6 Å². The van der Waals surface area contributed by atoms with Gasteiger partial charge in [0.15, 0.2) is 6.10 Å². The minimum atomic E-state index is -1.20. The predicted molar refractivity (Wildman–Crippen MR) is 199 cm³/mol.